The van der Waals surface area contributed by atoms with Gasteiger partial charge in [0, 0.05) is 38.2 Å². The largest absolute Gasteiger partial charge is 0.396 e. The van der Waals surface area contributed by atoms with Gasteiger partial charge in [-0.15, -0.1) is 0 Å². The molecule has 2 rings (SSSR count). The van der Waals surface area contributed by atoms with Crippen LogP contribution in [0.15, 0.2) is 0 Å². The standard InChI is InChI=1S/C12H20N2O3/c1-2-10-4-3-5-14(10)12(17)11(16)13-6-9(7-13)8-15/h9-10,15H,2-8H2,1H3/t10-/m1/s1. The fourth-order valence-corrected chi connectivity index (χ4v) is 2.64. The molecule has 2 heterocycles. The van der Waals surface area contributed by atoms with Crippen molar-refractivity contribution in [2.75, 3.05) is 26.2 Å². The van der Waals surface area contributed by atoms with Crippen molar-refractivity contribution in [3.8, 4) is 0 Å². The van der Waals surface area contributed by atoms with Crippen LogP contribution in [0.25, 0.3) is 0 Å². The van der Waals surface area contributed by atoms with Crippen LogP contribution in [0.4, 0.5) is 0 Å². The van der Waals surface area contributed by atoms with Crippen molar-refractivity contribution < 1.29 is 14.7 Å². The second-order valence-electron chi connectivity index (χ2n) is 4.96. The maximum absolute atomic E-state index is 12.0. The predicted molar refractivity (Wildman–Crippen MR) is 62.2 cm³/mol. The first-order valence-electron chi connectivity index (χ1n) is 6.38. The molecule has 1 N–H and O–H groups in total. The maximum atomic E-state index is 12.0. The number of hydrogen-bond acceptors (Lipinski definition) is 3. The Balaban J connectivity index is 1.89. The number of aliphatic hydroxyl groups excluding tert-OH is 1. The first kappa shape index (κ1) is 12.4. The molecule has 2 aliphatic heterocycles. The molecule has 2 fully saturated rings. The van der Waals surface area contributed by atoms with Gasteiger partial charge in [-0.1, -0.05) is 6.92 Å². The number of amides is 2. The molecule has 2 amide bonds. The minimum Gasteiger partial charge on any atom is -0.396 e. The Morgan fingerprint density at radius 2 is 2.00 bits per heavy atom. The second-order valence-corrected chi connectivity index (χ2v) is 4.96. The maximum Gasteiger partial charge on any atom is 0.312 e. The zero-order valence-corrected chi connectivity index (χ0v) is 10.3. The van der Waals surface area contributed by atoms with E-state index in [1.165, 1.54) is 4.90 Å². The van der Waals surface area contributed by atoms with E-state index >= 15 is 0 Å². The third-order valence-corrected chi connectivity index (χ3v) is 3.79. The van der Waals surface area contributed by atoms with E-state index in [0.717, 1.165) is 19.3 Å². The van der Waals surface area contributed by atoms with Gasteiger partial charge in [-0.05, 0) is 19.3 Å². The summed E-state index contributed by atoms with van der Waals surface area (Å²) in [4.78, 5) is 27.2. The van der Waals surface area contributed by atoms with Gasteiger partial charge in [-0.25, -0.2) is 0 Å². The average Bonchev–Trinajstić information content (AvgIpc) is 2.74. The highest BCUT2D eigenvalue weighted by molar-refractivity contribution is 6.35. The number of rotatable bonds is 2. The molecule has 0 bridgehead atoms. The number of hydrogen-bond donors (Lipinski definition) is 1. The number of nitrogens with zero attached hydrogens (tertiary/aromatic N) is 2. The molecule has 17 heavy (non-hydrogen) atoms. The van der Waals surface area contributed by atoms with Gasteiger partial charge in [0.15, 0.2) is 0 Å². The average molecular weight is 240 g/mol. The van der Waals surface area contributed by atoms with Crippen molar-refractivity contribution in [1.82, 2.24) is 9.80 Å². The Kier molecular flexibility index (Phi) is 3.66. The van der Waals surface area contributed by atoms with Gasteiger partial charge in [0.2, 0.25) is 0 Å². The van der Waals surface area contributed by atoms with Crippen molar-refractivity contribution in [2.24, 2.45) is 5.92 Å². The minimum atomic E-state index is -0.393. The quantitative estimate of drug-likeness (QED) is 0.682. The van der Waals surface area contributed by atoms with Gasteiger partial charge in [-0.2, -0.15) is 0 Å². The summed E-state index contributed by atoms with van der Waals surface area (Å²) >= 11 is 0. The van der Waals surface area contributed by atoms with Crippen LogP contribution in [-0.2, 0) is 9.59 Å². The van der Waals surface area contributed by atoms with Crippen molar-refractivity contribution in [3.63, 3.8) is 0 Å². The lowest BCUT2D eigenvalue weighted by Crippen LogP contribution is -2.56. The van der Waals surface area contributed by atoms with Gasteiger partial charge < -0.3 is 14.9 Å². The molecule has 96 valence electrons. The summed E-state index contributed by atoms with van der Waals surface area (Å²) in [7, 11) is 0. The molecule has 0 aliphatic carbocycles. The van der Waals surface area contributed by atoms with Crippen molar-refractivity contribution in [3.05, 3.63) is 0 Å². The molecular weight excluding hydrogens is 220 g/mol. The SMILES string of the molecule is CC[C@@H]1CCCN1C(=O)C(=O)N1CC(CO)C1. The third-order valence-electron chi connectivity index (χ3n) is 3.79. The van der Waals surface area contributed by atoms with Crippen LogP contribution < -0.4 is 0 Å². The molecule has 0 radical (unpaired) electrons. The summed E-state index contributed by atoms with van der Waals surface area (Å²) in [6.07, 6.45) is 2.92. The Morgan fingerprint density at radius 1 is 1.29 bits per heavy atom. The van der Waals surface area contributed by atoms with Gasteiger partial charge in [0.05, 0.1) is 0 Å². The third kappa shape index (κ3) is 2.29. The summed E-state index contributed by atoms with van der Waals surface area (Å²) in [6, 6.07) is 0.237. The molecule has 2 saturated heterocycles. The predicted octanol–water partition coefficient (Wildman–Crippen LogP) is -0.162. The van der Waals surface area contributed by atoms with E-state index in [1.807, 2.05) is 6.92 Å². The van der Waals surface area contributed by atoms with Gasteiger partial charge in [0.25, 0.3) is 0 Å². The van der Waals surface area contributed by atoms with Crippen LogP contribution >= 0.6 is 0 Å². The zero-order chi connectivity index (χ0) is 12.4. The first-order valence-corrected chi connectivity index (χ1v) is 6.38. The number of aliphatic hydroxyl groups is 1. The summed E-state index contributed by atoms with van der Waals surface area (Å²) in [5, 5.41) is 8.88. The number of carbonyl (C=O) groups is 2. The molecule has 1 atom stereocenters. The topological polar surface area (TPSA) is 60.9 Å². The summed E-state index contributed by atoms with van der Waals surface area (Å²) in [5.74, 6) is -0.590. The molecule has 0 aromatic rings. The van der Waals surface area contributed by atoms with Crippen LogP contribution in [0.2, 0.25) is 0 Å². The van der Waals surface area contributed by atoms with Crippen LogP contribution in [0, 0.1) is 5.92 Å². The second kappa shape index (κ2) is 5.04. The molecule has 0 unspecified atom stereocenters. The minimum absolute atomic E-state index is 0.0965. The van der Waals surface area contributed by atoms with E-state index in [2.05, 4.69) is 0 Å². The van der Waals surface area contributed by atoms with Crippen LogP contribution in [0.1, 0.15) is 26.2 Å². The van der Waals surface area contributed by atoms with Crippen LogP contribution in [-0.4, -0.2) is 59.0 Å². The van der Waals surface area contributed by atoms with Crippen molar-refractivity contribution in [1.29, 1.82) is 0 Å². The van der Waals surface area contributed by atoms with E-state index < -0.39 is 5.91 Å². The Bertz CT molecular complexity index is 313. The molecular formula is C12H20N2O3. The highest BCUT2D eigenvalue weighted by Gasteiger charge is 2.38. The van der Waals surface area contributed by atoms with E-state index in [1.54, 1.807) is 4.90 Å². The number of likely N-dealkylation sites (tertiary alicyclic amines) is 2. The van der Waals surface area contributed by atoms with E-state index in [9.17, 15) is 9.59 Å². The molecule has 0 aromatic carbocycles. The smallest absolute Gasteiger partial charge is 0.312 e. The monoisotopic (exact) mass is 240 g/mol. The Hall–Kier alpha value is -1.10. The normalized spacial score (nSPS) is 24.9. The fourth-order valence-electron chi connectivity index (χ4n) is 2.64. The van der Waals surface area contributed by atoms with E-state index in [0.29, 0.717) is 19.6 Å². The van der Waals surface area contributed by atoms with E-state index in [4.69, 9.17) is 5.11 Å². The van der Waals surface area contributed by atoms with Crippen LogP contribution in [0.3, 0.4) is 0 Å². The molecule has 0 aromatic heterocycles. The lowest BCUT2D eigenvalue weighted by molar-refractivity contribution is -0.156. The van der Waals surface area contributed by atoms with Crippen LogP contribution in [0.5, 0.6) is 0 Å². The molecule has 0 spiro atoms. The van der Waals surface area contributed by atoms with Gasteiger partial charge in [-0.3, -0.25) is 9.59 Å². The zero-order valence-electron chi connectivity index (χ0n) is 10.3. The lowest BCUT2D eigenvalue weighted by Gasteiger charge is -2.38. The summed E-state index contributed by atoms with van der Waals surface area (Å²) < 4.78 is 0. The summed E-state index contributed by atoms with van der Waals surface area (Å²) in [6.45, 7) is 3.89. The molecule has 5 heteroatoms. The van der Waals surface area contributed by atoms with Crippen molar-refractivity contribution in [2.45, 2.75) is 32.2 Å². The summed E-state index contributed by atoms with van der Waals surface area (Å²) in [5.41, 5.74) is 0. The lowest BCUT2D eigenvalue weighted by atomic mass is 10.0. The highest BCUT2D eigenvalue weighted by Crippen LogP contribution is 2.22. The van der Waals surface area contributed by atoms with Gasteiger partial charge >= 0.3 is 11.8 Å². The molecule has 5 nitrogen and oxygen atoms in total. The van der Waals surface area contributed by atoms with Gasteiger partial charge in [0.1, 0.15) is 0 Å². The fraction of sp³-hybridized carbons (Fsp3) is 0.833. The Labute approximate surface area is 101 Å². The highest BCUT2D eigenvalue weighted by atomic mass is 16.3. The van der Waals surface area contributed by atoms with E-state index in [-0.39, 0.29) is 24.5 Å². The Morgan fingerprint density at radius 3 is 2.59 bits per heavy atom. The number of carbonyl (C=O) groups excluding carboxylic acids is 2. The molecule has 2 aliphatic rings. The molecule has 0 saturated carbocycles. The van der Waals surface area contributed by atoms with Crippen molar-refractivity contribution >= 4 is 11.8 Å². The first-order chi connectivity index (χ1) is 8.17.